The first-order valence-corrected chi connectivity index (χ1v) is 9.70. The van der Waals surface area contributed by atoms with Crippen molar-refractivity contribution in [1.82, 2.24) is 14.9 Å². The summed E-state index contributed by atoms with van der Waals surface area (Å²) in [6.45, 7) is 2.58. The van der Waals surface area contributed by atoms with Crippen molar-refractivity contribution in [2.24, 2.45) is 5.92 Å². The maximum Gasteiger partial charge on any atom is 0.220 e. The number of amides is 1. The van der Waals surface area contributed by atoms with Crippen molar-refractivity contribution >= 4 is 23.0 Å². The van der Waals surface area contributed by atoms with Crippen LogP contribution < -0.4 is 19.5 Å². The van der Waals surface area contributed by atoms with Crippen LogP contribution in [0.1, 0.15) is 13.3 Å². The molecule has 2 atom stereocenters. The number of carbonyl (C=O) groups excluding carboxylic acids is 1. The minimum atomic E-state index is -0.163. The second-order valence-corrected chi connectivity index (χ2v) is 7.45. The summed E-state index contributed by atoms with van der Waals surface area (Å²) >= 11 is 6.36. The van der Waals surface area contributed by atoms with Crippen LogP contribution in [0.2, 0.25) is 5.02 Å². The van der Waals surface area contributed by atoms with E-state index in [0.29, 0.717) is 40.8 Å². The molecule has 0 radical (unpaired) electrons. The summed E-state index contributed by atoms with van der Waals surface area (Å²) in [4.78, 5) is 11.6. The van der Waals surface area contributed by atoms with Crippen LogP contribution in [-0.4, -0.2) is 42.4 Å². The average Bonchev–Trinajstić information content (AvgIpc) is 3.33. The van der Waals surface area contributed by atoms with E-state index >= 15 is 0 Å². The number of carbonyl (C=O) groups is 1. The first-order chi connectivity index (χ1) is 14.0. The Hall–Kier alpha value is -2.93. The number of nitrogens with zero attached hydrogens (tertiary/aromatic N) is 2. The quantitative estimate of drug-likeness (QED) is 0.666. The summed E-state index contributed by atoms with van der Waals surface area (Å²) in [5, 5.41) is 7.70. The Labute approximate surface area is 173 Å². The summed E-state index contributed by atoms with van der Waals surface area (Å²) in [5.74, 6) is 2.07. The molecule has 4 rings (SSSR count). The lowest BCUT2D eigenvalue weighted by Crippen LogP contribution is -2.25. The van der Waals surface area contributed by atoms with Gasteiger partial charge in [-0.25, -0.2) is 4.52 Å². The Bertz CT molecular complexity index is 1070. The summed E-state index contributed by atoms with van der Waals surface area (Å²) in [6.07, 6.45) is 3.78. The molecule has 1 amide bonds. The maximum absolute atomic E-state index is 11.6. The first-order valence-electron chi connectivity index (χ1n) is 9.32. The van der Waals surface area contributed by atoms with Crippen molar-refractivity contribution in [3.8, 4) is 28.4 Å². The summed E-state index contributed by atoms with van der Waals surface area (Å²) in [6, 6.07) is 7.64. The minimum absolute atomic E-state index is 0.0528. The van der Waals surface area contributed by atoms with E-state index in [9.17, 15) is 4.79 Å². The number of hydrogen-bond donors (Lipinski definition) is 1. The van der Waals surface area contributed by atoms with Crippen molar-refractivity contribution in [3.05, 3.63) is 41.7 Å². The predicted octanol–water partition coefficient (Wildman–Crippen LogP) is 3.58. The molecule has 1 aliphatic heterocycles. The molecular weight excluding hydrogens is 394 g/mol. The van der Waals surface area contributed by atoms with E-state index in [-0.39, 0.29) is 17.9 Å². The van der Waals surface area contributed by atoms with Crippen LogP contribution in [0.15, 0.2) is 36.7 Å². The third-order valence-corrected chi connectivity index (χ3v) is 5.51. The molecule has 2 aromatic heterocycles. The van der Waals surface area contributed by atoms with Gasteiger partial charge in [0.15, 0.2) is 11.5 Å². The third kappa shape index (κ3) is 3.70. The molecule has 0 unspecified atom stereocenters. The van der Waals surface area contributed by atoms with Gasteiger partial charge in [-0.05, 0) is 30.7 Å². The number of aromatic nitrogens is 2. The number of halogens is 1. The molecule has 0 saturated carbocycles. The number of nitrogens with one attached hydrogen (secondary N) is 1. The molecule has 1 fully saturated rings. The monoisotopic (exact) mass is 415 g/mol. The van der Waals surface area contributed by atoms with Crippen LogP contribution in [-0.2, 0) is 4.79 Å². The molecular formula is C21H22ClN3O4. The van der Waals surface area contributed by atoms with Gasteiger partial charge in [0, 0.05) is 30.6 Å². The molecule has 0 spiro atoms. The van der Waals surface area contributed by atoms with Gasteiger partial charge in [-0.15, -0.1) is 0 Å². The van der Waals surface area contributed by atoms with E-state index in [2.05, 4.69) is 10.4 Å². The van der Waals surface area contributed by atoms with Gasteiger partial charge in [0.2, 0.25) is 5.91 Å². The molecule has 29 heavy (non-hydrogen) atoms. The van der Waals surface area contributed by atoms with Gasteiger partial charge < -0.3 is 19.5 Å². The fourth-order valence-corrected chi connectivity index (χ4v) is 3.79. The lowest BCUT2D eigenvalue weighted by atomic mass is 10.0. The number of rotatable bonds is 6. The van der Waals surface area contributed by atoms with E-state index < -0.39 is 0 Å². The lowest BCUT2D eigenvalue weighted by molar-refractivity contribution is -0.119. The molecule has 3 aromatic rings. The average molecular weight is 416 g/mol. The molecule has 0 bridgehead atoms. The predicted molar refractivity (Wildman–Crippen MR) is 110 cm³/mol. The van der Waals surface area contributed by atoms with Gasteiger partial charge in [-0.1, -0.05) is 17.7 Å². The standard InChI is InChI=1S/C21H22ClN3O4/c1-12(14-8-20(26)23-9-14)29-19-7-15(11-25-21(19)16(22)10-24-25)13-4-5-17(27-2)18(6-13)28-3/h4-7,10-12,14H,8-9H2,1-3H3,(H,23,26)/t12-,14-/m1/s1. The molecule has 0 aliphatic carbocycles. The molecule has 152 valence electrons. The van der Waals surface area contributed by atoms with Crippen molar-refractivity contribution in [1.29, 1.82) is 0 Å². The van der Waals surface area contributed by atoms with Gasteiger partial charge in [-0.2, -0.15) is 5.10 Å². The Balaban J connectivity index is 1.74. The van der Waals surface area contributed by atoms with Crippen LogP contribution >= 0.6 is 11.6 Å². The Morgan fingerprint density at radius 1 is 1.17 bits per heavy atom. The normalized spacial score (nSPS) is 17.2. The Kier molecular flexibility index (Phi) is 5.24. The van der Waals surface area contributed by atoms with Crippen LogP contribution in [0.3, 0.4) is 0 Å². The van der Waals surface area contributed by atoms with Crippen molar-refractivity contribution in [3.63, 3.8) is 0 Å². The number of pyridine rings is 1. The molecule has 7 nitrogen and oxygen atoms in total. The second-order valence-electron chi connectivity index (χ2n) is 7.04. The SMILES string of the molecule is COc1ccc(-c2cc(O[C@H](C)[C@H]3CNC(=O)C3)c3c(Cl)cnn3c2)cc1OC. The molecule has 1 aromatic carbocycles. The molecule has 1 saturated heterocycles. The van der Waals surface area contributed by atoms with Gasteiger partial charge in [0.05, 0.1) is 25.4 Å². The topological polar surface area (TPSA) is 74.1 Å². The van der Waals surface area contributed by atoms with E-state index in [1.54, 1.807) is 24.9 Å². The number of hydrogen-bond acceptors (Lipinski definition) is 5. The molecule has 8 heteroatoms. The zero-order valence-electron chi connectivity index (χ0n) is 16.4. The highest BCUT2D eigenvalue weighted by atomic mass is 35.5. The smallest absolute Gasteiger partial charge is 0.220 e. The van der Waals surface area contributed by atoms with Crippen LogP contribution in [0.25, 0.3) is 16.6 Å². The minimum Gasteiger partial charge on any atom is -0.493 e. The number of fused-ring (bicyclic) bond motifs is 1. The van der Waals surface area contributed by atoms with Crippen molar-refractivity contribution < 1.29 is 19.0 Å². The molecule has 1 N–H and O–H groups in total. The first kappa shape index (κ1) is 19.4. The summed E-state index contributed by atoms with van der Waals surface area (Å²) < 4.78 is 18.7. The van der Waals surface area contributed by atoms with Gasteiger partial charge in [-0.3, -0.25) is 4.79 Å². The third-order valence-electron chi connectivity index (χ3n) is 5.23. The summed E-state index contributed by atoms with van der Waals surface area (Å²) in [7, 11) is 3.20. The van der Waals surface area contributed by atoms with Gasteiger partial charge in [0.1, 0.15) is 17.4 Å². The Morgan fingerprint density at radius 3 is 2.62 bits per heavy atom. The van der Waals surface area contributed by atoms with Gasteiger partial charge >= 0.3 is 0 Å². The Morgan fingerprint density at radius 2 is 1.93 bits per heavy atom. The highest BCUT2D eigenvalue weighted by Crippen LogP contribution is 2.37. The fourth-order valence-electron chi connectivity index (χ4n) is 3.57. The van der Waals surface area contributed by atoms with E-state index in [1.807, 2.05) is 37.4 Å². The van der Waals surface area contributed by atoms with E-state index in [4.69, 9.17) is 25.8 Å². The highest BCUT2D eigenvalue weighted by molar-refractivity contribution is 6.34. The fraction of sp³-hybridized carbons (Fsp3) is 0.333. The van der Waals surface area contributed by atoms with E-state index in [0.717, 1.165) is 11.1 Å². The van der Waals surface area contributed by atoms with Gasteiger partial charge in [0.25, 0.3) is 0 Å². The second kappa shape index (κ2) is 7.83. The van der Waals surface area contributed by atoms with E-state index in [1.165, 1.54) is 0 Å². The zero-order chi connectivity index (χ0) is 20.5. The maximum atomic E-state index is 11.6. The van der Waals surface area contributed by atoms with Crippen LogP contribution in [0.5, 0.6) is 17.2 Å². The van der Waals surface area contributed by atoms with Crippen molar-refractivity contribution in [2.45, 2.75) is 19.4 Å². The van der Waals surface area contributed by atoms with Crippen molar-refractivity contribution in [2.75, 3.05) is 20.8 Å². The molecule has 3 heterocycles. The highest BCUT2D eigenvalue weighted by Gasteiger charge is 2.28. The van der Waals surface area contributed by atoms with Crippen LogP contribution in [0, 0.1) is 5.92 Å². The number of ether oxygens (including phenoxy) is 3. The van der Waals surface area contributed by atoms with Crippen LogP contribution in [0.4, 0.5) is 0 Å². The largest absolute Gasteiger partial charge is 0.493 e. The summed E-state index contributed by atoms with van der Waals surface area (Å²) in [5.41, 5.74) is 2.51. The number of benzene rings is 1. The number of methoxy groups -OCH3 is 2. The lowest BCUT2D eigenvalue weighted by Gasteiger charge is -2.21. The zero-order valence-corrected chi connectivity index (χ0v) is 17.2. The molecule has 1 aliphatic rings.